The number of aryl methyl sites for hydroxylation is 1. The number of ether oxygens (including phenoxy) is 2. The zero-order valence-electron chi connectivity index (χ0n) is 59.9. The van der Waals surface area contributed by atoms with Gasteiger partial charge in [-0.25, -0.2) is 21.6 Å². The number of nitrogens with zero attached hydrogens (tertiary/aromatic N) is 5. The largest absolute Gasteiger partial charge is 0.501 e. The van der Waals surface area contributed by atoms with E-state index >= 15 is 0 Å². The molecule has 5 N–H and O–H groups in total. The summed E-state index contributed by atoms with van der Waals surface area (Å²) in [6.45, 7) is 16.9. The van der Waals surface area contributed by atoms with Crippen molar-refractivity contribution < 1.29 is 63.5 Å². The highest BCUT2D eigenvalue weighted by molar-refractivity contribution is 7.99. The average Bonchev–Trinajstić information content (AvgIpc) is 1.56. The molecule has 562 valence electrons. The second-order valence-corrected chi connectivity index (χ2v) is 34.7. The number of rotatable bonds is 26. The van der Waals surface area contributed by atoms with E-state index in [9.17, 15) is 54.0 Å². The Morgan fingerprint density at radius 1 is 0.808 bits per heavy atom. The summed E-state index contributed by atoms with van der Waals surface area (Å²) in [5.41, 5.74) is 0.0844. The number of sulfonamides is 1. The van der Waals surface area contributed by atoms with Gasteiger partial charge in [-0.3, -0.25) is 33.8 Å². The number of piperazine rings is 2. The molecule has 0 bridgehead atoms. The third kappa shape index (κ3) is 18.9. The molecule has 6 atom stereocenters. The zero-order chi connectivity index (χ0) is 74.3. The molecule has 28 heteroatoms. The van der Waals surface area contributed by atoms with E-state index in [1.165, 1.54) is 45.5 Å². The third-order valence-corrected chi connectivity index (χ3v) is 25.3. The van der Waals surface area contributed by atoms with Gasteiger partial charge in [-0.2, -0.15) is 13.2 Å². The van der Waals surface area contributed by atoms with E-state index in [-0.39, 0.29) is 66.0 Å². The van der Waals surface area contributed by atoms with E-state index in [0.29, 0.717) is 94.8 Å². The number of sulfone groups is 1. The lowest BCUT2D eigenvalue weighted by Crippen LogP contribution is -2.58. The monoisotopic (exact) mass is 1510 g/mol. The zero-order valence-corrected chi connectivity index (χ0v) is 63.1. The number of anilines is 2. The van der Waals surface area contributed by atoms with Crippen LogP contribution < -0.4 is 35.6 Å². The van der Waals surface area contributed by atoms with Crippen molar-refractivity contribution in [2.45, 2.75) is 162 Å². The fraction of sp³-hybridized carbons (Fsp3) is 0.513. The molecule has 0 radical (unpaired) electrons. The smallest absolute Gasteiger partial charge is 0.494 e. The summed E-state index contributed by atoms with van der Waals surface area (Å²) >= 11 is 7.63. The van der Waals surface area contributed by atoms with Gasteiger partial charge >= 0.3 is 5.51 Å². The third-order valence-electron chi connectivity index (χ3n) is 21.0. The van der Waals surface area contributed by atoms with Gasteiger partial charge in [0, 0.05) is 111 Å². The van der Waals surface area contributed by atoms with Gasteiger partial charge in [0.05, 0.1) is 35.9 Å². The highest BCUT2D eigenvalue weighted by Crippen LogP contribution is 2.46. The van der Waals surface area contributed by atoms with Gasteiger partial charge in [0.25, 0.3) is 25.8 Å². The van der Waals surface area contributed by atoms with Crippen LogP contribution in [0.3, 0.4) is 0 Å². The maximum absolute atomic E-state index is 14.6. The Bertz CT molecular complexity index is 4180. The van der Waals surface area contributed by atoms with Crippen LogP contribution in [-0.2, 0) is 50.2 Å². The Kier molecular flexibility index (Phi) is 24.9. The van der Waals surface area contributed by atoms with Crippen molar-refractivity contribution >= 4 is 89.7 Å². The van der Waals surface area contributed by atoms with Gasteiger partial charge in [-0.15, -0.1) is 11.8 Å². The van der Waals surface area contributed by atoms with E-state index < -0.39 is 82.6 Å². The summed E-state index contributed by atoms with van der Waals surface area (Å²) in [7, 11) is -9.45. The van der Waals surface area contributed by atoms with Crippen LogP contribution in [0.5, 0.6) is 5.75 Å². The number of amides is 5. The number of fused-ring (bicyclic) bond motifs is 2. The first-order valence-corrected chi connectivity index (χ1v) is 40.3. The van der Waals surface area contributed by atoms with E-state index in [1.54, 1.807) is 31.0 Å². The van der Waals surface area contributed by atoms with Gasteiger partial charge < -0.3 is 45.4 Å². The Morgan fingerprint density at radius 2 is 1.52 bits per heavy atom. The number of hydrogen-bond acceptors (Lipinski definition) is 17. The first-order chi connectivity index (χ1) is 49.4. The molecule has 4 aliphatic heterocycles. The van der Waals surface area contributed by atoms with Crippen LogP contribution >= 0.6 is 23.4 Å². The lowest BCUT2D eigenvalue weighted by Gasteiger charge is -2.39. The summed E-state index contributed by atoms with van der Waals surface area (Å²) in [5, 5.41) is 12.7. The maximum Gasteiger partial charge on any atom is 0.501 e. The first-order valence-electron chi connectivity index (χ1n) is 35.9. The van der Waals surface area contributed by atoms with Crippen LogP contribution in [0, 0.1) is 10.8 Å². The summed E-state index contributed by atoms with van der Waals surface area (Å²) < 4.78 is 113. The number of hydrogen-bond donors (Lipinski definition) is 5. The molecular formula is C76H96ClF3N10O11S3. The van der Waals surface area contributed by atoms with E-state index in [4.69, 9.17) is 21.1 Å². The molecule has 0 saturated carbocycles. The van der Waals surface area contributed by atoms with Crippen LogP contribution in [-0.4, -0.2) is 193 Å². The number of allylic oxidation sites excluding steroid dienone is 1. The maximum atomic E-state index is 14.6. The molecule has 11 rings (SSSR count). The molecule has 5 amide bonds. The molecule has 104 heavy (non-hydrogen) atoms. The molecular weight excluding hydrogens is 1420 g/mol. The average molecular weight is 1510 g/mol. The van der Waals surface area contributed by atoms with Gasteiger partial charge in [-0.05, 0) is 184 Å². The molecule has 4 heterocycles. The fourth-order valence-corrected chi connectivity index (χ4v) is 18.2. The van der Waals surface area contributed by atoms with Crippen molar-refractivity contribution in [2.24, 2.45) is 10.8 Å². The Balaban J connectivity index is 0.661. The first kappa shape index (κ1) is 77.8. The molecule has 6 aliphatic rings. The van der Waals surface area contributed by atoms with Gasteiger partial charge in [0.2, 0.25) is 23.6 Å². The highest BCUT2D eigenvalue weighted by Gasteiger charge is 2.55. The number of thioether (sulfide) groups is 1. The van der Waals surface area contributed by atoms with Gasteiger partial charge in [0.15, 0.2) is 0 Å². The molecule has 5 aromatic carbocycles. The molecule has 0 spiro atoms. The lowest BCUT2D eigenvalue weighted by atomic mass is 9.73. The van der Waals surface area contributed by atoms with Crippen molar-refractivity contribution in [1.82, 2.24) is 40.3 Å². The Hall–Kier alpha value is -7.24. The predicted octanol–water partition coefficient (Wildman–Crippen LogP) is 10.5. The Labute approximate surface area is 618 Å². The summed E-state index contributed by atoms with van der Waals surface area (Å²) in [5.74, 6) is -1.12. The van der Waals surface area contributed by atoms with E-state index in [0.717, 1.165) is 85.6 Å². The minimum absolute atomic E-state index is 0.0354. The fourth-order valence-electron chi connectivity index (χ4n) is 15.0. The predicted molar refractivity (Wildman–Crippen MR) is 396 cm³/mol. The standard InChI is InChI=1S/C76H96ClF3N10O11S3/c1-50(81-6)70(92)84-65-31-43-101-68-47-75(4,5)69(90(68)73(65)95)72(94)83-63-15-10-12-53-44-58(25-27-62(53)63)100-42-11-16-67(91)89-40-34-86(35-41-89)33-30-56(49-102-59-13-8-7-9-14-59)82-64-28-26-60(45-66(64)103(96,97)76(78,79)80)104(98,99)85-71(93)52-19-23-57(24-20-52)88-38-36-87(37-39-88)48-54-46-74(2,3)32-29-61(54)51-17-21-55(77)22-18-51/h7-9,13-14,17-28,44-45,50,56,63,65,68-69,81-82H,10-12,15-16,29-43,46-49H2,1-6H3,(H,83,94)(H,84,92)(H,85,93). The van der Waals surface area contributed by atoms with Crippen molar-refractivity contribution in [3.63, 3.8) is 0 Å². The normalized spacial score (nSPS) is 21.6. The van der Waals surface area contributed by atoms with Crippen LogP contribution in [0.25, 0.3) is 5.57 Å². The molecule has 5 aromatic rings. The molecule has 4 saturated heterocycles. The molecule has 4 fully saturated rings. The summed E-state index contributed by atoms with van der Waals surface area (Å²) in [4.78, 5) is 77.2. The number of carbonyl (C=O) groups excluding carboxylic acids is 5. The number of carbonyl (C=O) groups is 5. The lowest BCUT2D eigenvalue weighted by molar-refractivity contribution is -0.150. The molecule has 0 aromatic heterocycles. The molecule has 2 aliphatic carbocycles. The number of alkyl halides is 3. The van der Waals surface area contributed by atoms with E-state index in [2.05, 4.69) is 61.9 Å². The van der Waals surface area contributed by atoms with Crippen LogP contribution in [0.1, 0.15) is 132 Å². The van der Waals surface area contributed by atoms with Crippen molar-refractivity contribution in [3.05, 3.63) is 148 Å². The number of benzene rings is 5. The number of likely N-dealkylation sites (N-methyl/N-ethyl adjacent to an activating group) is 1. The second kappa shape index (κ2) is 33.3. The second-order valence-electron chi connectivity index (χ2n) is 29.6. The van der Waals surface area contributed by atoms with E-state index in [1.807, 2.05) is 79.2 Å². The summed E-state index contributed by atoms with van der Waals surface area (Å²) in [6, 6.07) is 28.7. The minimum atomic E-state index is -6.17. The molecule has 21 nitrogen and oxygen atoms in total. The summed E-state index contributed by atoms with van der Waals surface area (Å²) in [6.07, 6.45) is 6.55. The topological polar surface area (TPSA) is 248 Å². The highest BCUT2D eigenvalue weighted by atomic mass is 35.5. The SMILES string of the molecule is CNC(C)C(=O)NC1CCOC2CC(C)(C)C(C(=O)NC3CCCc4cc(OCCCC(=O)N5CCN(CCC(CSc6ccccc6)Nc6ccc(S(=O)(=O)NC(=O)c7ccc(N8CCN(CC9=C(c%10ccc(Cl)cc%10)CCC(C)(C)C9)CC8)cc7)cc6S(=O)(=O)C(F)(F)F)CC5)ccc43)N2C1=O. The van der Waals surface area contributed by atoms with Crippen LogP contribution in [0.2, 0.25) is 5.02 Å². The van der Waals surface area contributed by atoms with Gasteiger partial charge in [0.1, 0.15) is 29.0 Å². The number of halogens is 4. The van der Waals surface area contributed by atoms with Crippen LogP contribution in [0.15, 0.2) is 136 Å². The minimum Gasteiger partial charge on any atom is -0.494 e. The van der Waals surface area contributed by atoms with Crippen molar-refractivity contribution in [3.8, 4) is 5.75 Å². The van der Waals surface area contributed by atoms with Crippen molar-refractivity contribution in [1.29, 1.82) is 0 Å². The number of nitrogens with one attached hydrogen (secondary N) is 5. The quantitative estimate of drug-likeness (QED) is 0.0255. The van der Waals surface area contributed by atoms with Crippen molar-refractivity contribution in [2.75, 3.05) is 102 Å². The Morgan fingerprint density at radius 3 is 2.22 bits per heavy atom. The van der Waals surface area contributed by atoms with Crippen LogP contribution in [0.4, 0.5) is 24.5 Å². The van der Waals surface area contributed by atoms with Gasteiger partial charge in [-0.1, -0.05) is 81.3 Å². The molecule has 6 unspecified atom stereocenters.